The molecule has 126 valence electrons. The van der Waals surface area contributed by atoms with Crippen molar-refractivity contribution in [2.24, 2.45) is 16.6 Å². The van der Waals surface area contributed by atoms with E-state index >= 15 is 0 Å². The van der Waals surface area contributed by atoms with Gasteiger partial charge >= 0.3 is 0 Å². The molecule has 0 saturated carbocycles. The zero-order valence-corrected chi connectivity index (χ0v) is 14.8. The van der Waals surface area contributed by atoms with Gasteiger partial charge in [-0.05, 0) is 25.7 Å². The smallest absolute Gasteiger partial charge is 0.189 e. The van der Waals surface area contributed by atoms with Gasteiger partial charge in [0.05, 0.1) is 12.2 Å². The third-order valence-corrected chi connectivity index (χ3v) is 3.83. The van der Waals surface area contributed by atoms with Crippen LogP contribution in [0.5, 0.6) is 0 Å². The van der Waals surface area contributed by atoms with Crippen molar-refractivity contribution < 1.29 is 4.52 Å². The summed E-state index contributed by atoms with van der Waals surface area (Å²) >= 11 is 0. The lowest BCUT2D eigenvalue weighted by Crippen LogP contribution is -2.38. The molecule has 0 bridgehead atoms. The molecule has 0 aliphatic rings. The average Bonchev–Trinajstić information content (AvgIpc) is 2.86. The van der Waals surface area contributed by atoms with Crippen LogP contribution < -0.4 is 11.1 Å². The van der Waals surface area contributed by atoms with Crippen molar-refractivity contribution in [3.05, 3.63) is 17.0 Å². The highest BCUT2D eigenvalue weighted by molar-refractivity contribution is 5.78. The van der Waals surface area contributed by atoms with E-state index in [1.807, 2.05) is 0 Å². The van der Waals surface area contributed by atoms with E-state index in [9.17, 15) is 0 Å². The summed E-state index contributed by atoms with van der Waals surface area (Å²) in [6, 6.07) is 0.348. The molecule has 3 N–H and O–H groups in total. The number of nitrogens with one attached hydrogen (secondary N) is 1. The van der Waals surface area contributed by atoms with E-state index in [-0.39, 0.29) is 0 Å². The van der Waals surface area contributed by atoms with E-state index in [0.717, 1.165) is 42.2 Å². The van der Waals surface area contributed by atoms with Crippen molar-refractivity contribution in [2.45, 2.75) is 79.3 Å². The summed E-state index contributed by atoms with van der Waals surface area (Å²) in [7, 11) is 0. The fraction of sp³-hybridized carbons (Fsp3) is 0.765. The Morgan fingerprint density at radius 3 is 2.55 bits per heavy atom. The Hall–Kier alpha value is -1.52. The molecule has 1 rings (SSSR count). The van der Waals surface area contributed by atoms with Crippen LogP contribution in [0.1, 0.15) is 70.9 Å². The Balaban J connectivity index is 2.50. The lowest BCUT2D eigenvalue weighted by Gasteiger charge is -2.15. The molecule has 22 heavy (non-hydrogen) atoms. The molecule has 0 radical (unpaired) electrons. The highest BCUT2D eigenvalue weighted by atomic mass is 16.5. The number of guanidine groups is 1. The summed E-state index contributed by atoms with van der Waals surface area (Å²) in [5, 5.41) is 7.36. The van der Waals surface area contributed by atoms with Crippen molar-refractivity contribution in [1.29, 1.82) is 0 Å². The Morgan fingerprint density at radius 2 is 1.95 bits per heavy atom. The van der Waals surface area contributed by atoms with Crippen LogP contribution in [0.25, 0.3) is 0 Å². The van der Waals surface area contributed by atoms with Gasteiger partial charge in [-0.25, -0.2) is 4.99 Å². The predicted molar refractivity (Wildman–Crippen MR) is 91.9 cm³/mol. The first-order valence-corrected chi connectivity index (χ1v) is 8.50. The summed E-state index contributed by atoms with van der Waals surface area (Å²) in [5.41, 5.74) is 8.06. The van der Waals surface area contributed by atoms with Gasteiger partial charge in [0.15, 0.2) is 5.96 Å². The first kappa shape index (κ1) is 18.5. The van der Waals surface area contributed by atoms with E-state index in [4.69, 9.17) is 10.3 Å². The zero-order chi connectivity index (χ0) is 16.5. The van der Waals surface area contributed by atoms with Gasteiger partial charge in [-0.3, -0.25) is 0 Å². The molecular weight excluding hydrogens is 276 g/mol. The van der Waals surface area contributed by atoms with E-state index < -0.39 is 0 Å². The van der Waals surface area contributed by atoms with Crippen molar-refractivity contribution in [1.82, 2.24) is 10.5 Å². The van der Waals surface area contributed by atoms with Gasteiger partial charge in [0.1, 0.15) is 5.76 Å². The number of nitrogens with two attached hydrogens (primary N) is 1. The number of aromatic nitrogens is 1. The van der Waals surface area contributed by atoms with E-state index in [0.29, 0.717) is 18.5 Å². The molecule has 0 saturated heterocycles. The second-order valence-electron chi connectivity index (χ2n) is 6.31. The minimum atomic E-state index is 0.348. The number of rotatable bonds is 9. The summed E-state index contributed by atoms with van der Waals surface area (Å²) in [6.45, 7) is 11.3. The minimum absolute atomic E-state index is 0.348. The molecule has 1 unspecified atom stereocenters. The van der Waals surface area contributed by atoms with Crippen LogP contribution in [0.2, 0.25) is 0 Å². The van der Waals surface area contributed by atoms with Gasteiger partial charge in [0, 0.05) is 18.0 Å². The van der Waals surface area contributed by atoms with Gasteiger partial charge in [-0.15, -0.1) is 0 Å². The van der Waals surface area contributed by atoms with E-state index in [1.54, 1.807) is 0 Å². The van der Waals surface area contributed by atoms with Crippen LogP contribution >= 0.6 is 0 Å². The number of hydrogen-bond acceptors (Lipinski definition) is 3. The monoisotopic (exact) mass is 308 g/mol. The van der Waals surface area contributed by atoms with Gasteiger partial charge < -0.3 is 15.6 Å². The van der Waals surface area contributed by atoms with Crippen molar-refractivity contribution in [2.75, 3.05) is 0 Å². The molecule has 5 nitrogen and oxygen atoms in total. The number of aliphatic imine (C=N–C) groups is 1. The molecule has 1 aromatic rings. The molecule has 0 aliphatic carbocycles. The molecule has 1 atom stereocenters. The first-order chi connectivity index (χ1) is 10.5. The lowest BCUT2D eigenvalue weighted by atomic mass is 10.0. The van der Waals surface area contributed by atoms with Crippen LogP contribution in [0.15, 0.2) is 9.52 Å². The predicted octanol–water partition coefficient (Wildman–Crippen LogP) is 3.42. The van der Waals surface area contributed by atoms with Crippen LogP contribution in [-0.2, 0) is 19.4 Å². The summed E-state index contributed by atoms with van der Waals surface area (Å²) in [4.78, 5) is 4.45. The second kappa shape index (κ2) is 9.49. The molecule has 1 heterocycles. The average molecular weight is 308 g/mol. The van der Waals surface area contributed by atoms with Gasteiger partial charge in [-0.1, -0.05) is 45.7 Å². The maximum absolute atomic E-state index is 5.99. The maximum Gasteiger partial charge on any atom is 0.189 e. The Labute approximate surface area is 134 Å². The summed E-state index contributed by atoms with van der Waals surface area (Å²) in [6.07, 6.45) is 5.26. The normalized spacial score (nSPS) is 13.6. The van der Waals surface area contributed by atoms with Crippen LogP contribution in [0.3, 0.4) is 0 Å². The standard InChI is InChI=1S/C17H32N4O/c1-6-15-14(16(7-2)22-21-15)11-19-17(18)20-13(5)10-8-9-12(3)4/h12-13H,6-11H2,1-5H3,(H3,18,19,20). The van der Waals surface area contributed by atoms with Crippen LogP contribution in [0.4, 0.5) is 0 Å². The fourth-order valence-corrected chi connectivity index (χ4v) is 2.48. The zero-order valence-electron chi connectivity index (χ0n) is 14.8. The molecule has 0 amide bonds. The highest BCUT2D eigenvalue weighted by Crippen LogP contribution is 2.16. The molecule has 1 aromatic heterocycles. The largest absolute Gasteiger partial charge is 0.370 e. The van der Waals surface area contributed by atoms with Crippen LogP contribution in [-0.4, -0.2) is 17.2 Å². The van der Waals surface area contributed by atoms with E-state index in [1.165, 1.54) is 12.8 Å². The SMILES string of the molecule is CCc1noc(CC)c1CN=C(N)NC(C)CCCC(C)C. The molecule has 0 aromatic carbocycles. The quantitative estimate of drug-likeness (QED) is 0.541. The second-order valence-corrected chi connectivity index (χ2v) is 6.31. The highest BCUT2D eigenvalue weighted by Gasteiger charge is 2.13. The number of aryl methyl sites for hydroxylation is 2. The van der Waals surface area contributed by atoms with Crippen molar-refractivity contribution >= 4 is 5.96 Å². The molecule has 0 fully saturated rings. The number of nitrogens with zero attached hydrogens (tertiary/aromatic N) is 2. The Morgan fingerprint density at radius 1 is 1.23 bits per heavy atom. The summed E-state index contributed by atoms with van der Waals surface area (Å²) < 4.78 is 5.34. The maximum atomic E-state index is 5.99. The third kappa shape index (κ3) is 6.08. The molecular formula is C17H32N4O. The van der Waals surface area contributed by atoms with Gasteiger partial charge in [0.2, 0.25) is 0 Å². The molecule has 5 heteroatoms. The van der Waals surface area contributed by atoms with Crippen molar-refractivity contribution in [3.8, 4) is 0 Å². The third-order valence-electron chi connectivity index (χ3n) is 3.83. The Bertz CT molecular complexity index is 444. The fourth-order valence-electron chi connectivity index (χ4n) is 2.48. The van der Waals surface area contributed by atoms with Gasteiger partial charge in [-0.2, -0.15) is 0 Å². The Kier molecular flexibility index (Phi) is 7.99. The van der Waals surface area contributed by atoms with Crippen molar-refractivity contribution in [3.63, 3.8) is 0 Å². The van der Waals surface area contributed by atoms with Crippen LogP contribution in [0, 0.1) is 5.92 Å². The van der Waals surface area contributed by atoms with Gasteiger partial charge in [0.25, 0.3) is 0 Å². The molecule has 0 spiro atoms. The van der Waals surface area contributed by atoms with E-state index in [2.05, 4.69) is 50.1 Å². The first-order valence-electron chi connectivity index (χ1n) is 8.50. The topological polar surface area (TPSA) is 76.4 Å². The minimum Gasteiger partial charge on any atom is -0.370 e. The number of hydrogen-bond donors (Lipinski definition) is 2. The summed E-state index contributed by atoms with van der Waals surface area (Å²) in [5.74, 6) is 2.17. The molecule has 0 aliphatic heterocycles. The lowest BCUT2D eigenvalue weighted by molar-refractivity contribution is 0.380.